The number of nitrogen functional groups attached to an aromatic ring is 1. The lowest BCUT2D eigenvalue weighted by Crippen LogP contribution is -2.38. The lowest BCUT2D eigenvalue weighted by atomic mass is 9.79. The molecule has 2 N–H and O–H groups in total. The smallest absolute Gasteiger partial charge is 0.162 e. The lowest BCUT2D eigenvalue weighted by Gasteiger charge is -2.39. The third-order valence-electron chi connectivity index (χ3n) is 3.24. The Morgan fingerprint density at radius 2 is 2.12 bits per heavy atom. The van der Waals surface area contributed by atoms with Crippen LogP contribution in [-0.2, 0) is 16.8 Å². The predicted molar refractivity (Wildman–Crippen MR) is 66.1 cm³/mol. The van der Waals surface area contributed by atoms with Gasteiger partial charge in [0.2, 0.25) is 0 Å². The van der Waals surface area contributed by atoms with E-state index in [0.29, 0.717) is 5.82 Å². The van der Waals surface area contributed by atoms with E-state index in [1.165, 1.54) is 0 Å². The van der Waals surface area contributed by atoms with Gasteiger partial charge in [0.05, 0.1) is 10.2 Å². The van der Waals surface area contributed by atoms with Crippen molar-refractivity contribution in [2.75, 3.05) is 12.8 Å². The maximum absolute atomic E-state index is 5.87. The van der Waals surface area contributed by atoms with Gasteiger partial charge in [-0.2, -0.15) is 0 Å². The number of rotatable bonds is 3. The van der Waals surface area contributed by atoms with Gasteiger partial charge in [-0.25, -0.2) is 9.97 Å². The number of methoxy groups -OCH3 is 1. The van der Waals surface area contributed by atoms with E-state index in [9.17, 15) is 0 Å². The van der Waals surface area contributed by atoms with Crippen molar-refractivity contribution in [2.45, 2.75) is 38.2 Å². The number of anilines is 1. The molecule has 1 aromatic rings. The van der Waals surface area contributed by atoms with Crippen molar-refractivity contribution in [2.24, 2.45) is 0 Å². The Balaban J connectivity index is 2.45. The minimum Gasteiger partial charge on any atom is -0.383 e. The van der Waals surface area contributed by atoms with Crippen molar-refractivity contribution in [3.05, 3.63) is 16.0 Å². The molecular weight excluding hydrogens is 270 g/mol. The number of hydrogen-bond donors (Lipinski definition) is 1. The normalized spacial score (nSPS) is 18.2. The van der Waals surface area contributed by atoms with Gasteiger partial charge in [-0.1, -0.05) is 6.92 Å². The maximum atomic E-state index is 5.87. The van der Waals surface area contributed by atoms with Crippen molar-refractivity contribution in [1.82, 2.24) is 9.97 Å². The van der Waals surface area contributed by atoms with Crippen LogP contribution in [0.3, 0.4) is 0 Å². The van der Waals surface area contributed by atoms with E-state index in [-0.39, 0.29) is 5.60 Å². The molecule has 88 valence electrons. The van der Waals surface area contributed by atoms with E-state index in [1.54, 1.807) is 7.11 Å². The van der Waals surface area contributed by atoms with Gasteiger partial charge >= 0.3 is 0 Å². The van der Waals surface area contributed by atoms with E-state index >= 15 is 0 Å². The van der Waals surface area contributed by atoms with Crippen LogP contribution in [0.5, 0.6) is 0 Å². The highest BCUT2D eigenvalue weighted by atomic mass is 79.9. The molecule has 4 nitrogen and oxygen atoms in total. The van der Waals surface area contributed by atoms with Crippen molar-refractivity contribution in [3.63, 3.8) is 0 Å². The fourth-order valence-corrected chi connectivity index (χ4v) is 2.43. The number of nitrogens with two attached hydrogens (primary N) is 1. The number of nitrogens with zero attached hydrogens (tertiary/aromatic N) is 2. The van der Waals surface area contributed by atoms with Crippen LogP contribution in [0.1, 0.15) is 37.7 Å². The standard InChI is InChI=1S/C11H16BrN3O/c1-3-7-8(12)9(13)15-10(14-7)11(16-2)5-4-6-11/h3-6H2,1-2H3,(H2,13,14,15). The molecule has 0 amide bonds. The van der Waals surface area contributed by atoms with Crippen LogP contribution in [-0.4, -0.2) is 17.1 Å². The highest BCUT2D eigenvalue weighted by molar-refractivity contribution is 9.10. The highest BCUT2D eigenvalue weighted by Crippen LogP contribution is 2.43. The molecule has 2 rings (SSSR count). The summed E-state index contributed by atoms with van der Waals surface area (Å²) in [5, 5.41) is 0. The van der Waals surface area contributed by atoms with Gasteiger partial charge < -0.3 is 10.5 Å². The summed E-state index contributed by atoms with van der Waals surface area (Å²) in [6.45, 7) is 2.05. The molecule has 0 atom stereocenters. The molecule has 0 aliphatic heterocycles. The van der Waals surface area contributed by atoms with Gasteiger partial charge in [0.15, 0.2) is 5.82 Å². The average Bonchev–Trinajstić information content (AvgIpc) is 2.22. The molecule has 0 saturated heterocycles. The molecule has 1 aromatic heterocycles. The Hall–Kier alpha value is -0.680. The summed E-state index contributed by atoms with van der Waals surface area (Å²) in [4.78, 5) is 8.89. The average molecular weight is 286 g/mol. The largest absolute Gasteiger partial charge is 0.383 e. The lowest BCUT2D eigenvalue weighted by molar-refractivity contribution is -0.0847. The van der Waals surface area contributed by atoms with Gasteiger partial charge in [-0.15, -0.1) is 0 Å². The van der Waals surface area contributed by atoms with Gasteiger partial charge in [0, 0.05) is 7.11 Å². The maximum Gasteiger partial charge on any atom is 0.162 e. The van der Waals surface area contributed by atoms with E-state index in [0.717, 1.165) is 41.7 Å². The van der Waals surface area contributed by atoms with Gasteiger partial charge in [0.25, 0.3) is 0 Å². The van der Waals surface area contributed by atoms with Crippen molar-refractivity contribution >= 4 is 21.7 Å². The topological polar surface area (TPSA) is 61.0 Å². The zero-order valence-electron chi connectivity index (χ0n) is 9.59. The van der Waals surface area contributed by atoms with E-state index in [1.807, 2.05) is 0 Å². The number of aromatic nitrogens is 2. The molecule has 1 aliphatic carbocycles. The van der Waals surface area contributed by atoms with Crippen LogP contribution in [0.2, 0.25) is 0 Å². The van der Waals surface area contributed by atoms with Gasteiger partial charge in [0.1, 0.15) is 11.4 Å². The summed E-state index contributed by atoms with van der Waals surface area (Å²) in [5.74, 6) is 1.24. The second-order valence-corrected chi connectivity index (χ2v) is 4.89. The molecule has 0 spiro atoms. The molecule has 16 heavy (non-hydrogen) atoms. The van der Waals surface area contributed by atoms with Crippen molar-refractivity contribution < 1.29 is 4.74 Å². The van der Waals surface area contributed by atoms with Gasteiger partial charge in [-0.05, 0) is 41.6 Å². The van der Waals surface area contributed by atoms with E-state index in [4.69, 9.17) is 10.5 Å². The number of ether oxygens (including phenoxy) is 1. The molecule has 1 saturated carbocycles. The van der Waals surface area contributed by atoms with Crippen molar-refractivity contribution in [1.29, 1.82) is 0 Å². The zero-order chi connectivity index (χ0) is 11.8. The first-order valence-electron chi connectivity index (χ1n) is 5.50. The molecular formula is C11H16BrN3O. The fraction of sp³-hybridized carbons (Fsp3) is 0.636. The Labute approximate surface area is 104 Å². The van der Waals surface area contributed by atoms with E-state index in [2.05, 4.69) is 32.8 Å². The van der Waals surface area contributed by atoms with Crippen LogP contribution in [0, 0.1) is 0 Å². The van der Waals surface area contributed by atoms with E-state index < -0.39 is 0 Å². The van der Waals surface area contributed by atoms with Crippen LogP contribution in [0.25, 0.3) is 0 Å². The molecule has 1 aliphatic rings. The Kier molecular flexibility index (Phi) is 3.17. The van der Waals surface area contributed by atoms with Crippen LogP contribution in [0.15, 0.2) is 4.47 Å². The molecule has 0 bridgehead atoms. The quantitative estimate of drug-likeness (QED) is 0.927. The summed E-state index contributed by atoms with van der Waals surface area (Å²) in [6, 6.07) is 0. The summed E-state index contributed by atoms with van der Waals surface area (Å²) in [6.07, 6.45) is 3.95. The molecule has 0 radical (unpaired) electrons. The third-order valence-corrected chi connectivity index (χ3v) is 4.10. The first-order valence-corrected chi connectivity index (χ1v) is 6.30. The molecule has 5 heteroatoms. The molecule has 0 unspecified atom stereocenters. The summed E-state index contributed by atoms with van der Waals surface area (Å²) in [5.41, 5.74) is 6.53. The minimum atomic E-state index is -0.293. The summed E-state index contributed by atoms with van der Waals surface area (Å²) in [7, 11) is 1.71. The minimum absolute atomic E-state index is 0.293. The molecule has 1 heterocycles. The number of hydrogen-bond acceptors (Lipinski definition) is 4. The Morgan fingerprint density at radius 3 is 2.56 bits per heavy atom. The van der Waals surface area contributed by atoms with Gasteiger partial charge in [-0.3, -0.25) is 0 Å². The zero-order valence-corrected chi connectivity index (χ0v) is 11.2. The third kappa shape index (κ3) is 1.72. The SMILES string of the molecule is CCc1nc(C2(OC)CCC2)nc(N)c1Br. The van der Waals surface area contributed by atoms with Crippen LogP contribution in [0.4, 0.5) is 5.82 Å². The Morgan fingerprint density at radius 1 is 1.44 bits per heavy atom. The second-order valence-electron chi connectivity index (χ2n) is 4.10. The molecule has 0 aromatic carbocycles. The first kappa shape index (κ1) is 11.8. The van der Waals surface area contributed by atoms with Crippen LogP contribution >= 0.6 is 15.9 Å². The highest BCUT2D eigenvalue weighted by Gasteiger charge is 2.42. The fourth-order valence-electron chi connectivity index (χ4n) is 1.97. The monoisotopic (exact) mass is 285 g/mol. The predicted octanol–water partition coefficient (Wildman–Crippen LogP) is 2.41. The van der Waals surface area contributed by atoms with Crippen LogP contribution < -0.4 is 5.73 Å². The number of aryl methyl sites for hydroxylation is 1. The number of halogens is 1. The summed E-state index contributed by atoms with van der Waals surface area (Å²) >= 11 is 3.41. The molecule has 1 fully saturated rings. The Bertz CT molecular complexity index is 399. The second kappa shape index (κ2) is 4.30. The summed E-state index contributed by atoms with van der Waals surface area (Å²) < 4.78 is 6.37. The first-order chi connectivity index (χ1) is 7.63. The van der Waals surface area contributed by atoms with Crippen molar-refractivity contribution in [3.8, 4) is 0 Å².